The molecular weight excluding hydrogens is 503 g/mol. The number of aldehydes is 1. The highest BCUT2D eigenvalue weighted by Gasteiger charge is 2.24. The van der Waals surface area contributed by atoms with E-state index in [2.05, 4.69) is 38.1 Å². The molecule has 0 aliphatic carbocycles. The molecule has 0 bridgehead atoms. The first kappa shape index (κ1) is 33.5. The summed E-state index contributed by atoms with van der Waals surface area (Å²) < 4.78 is 24.0. The van der Waals surface area contributed by atoms with Crippen LogP contribution < -0.4 is 0 Å². The Kier molecular flexibility index (Phi) is 16.6. The second-order valence-corrected chi connectivity index (χ2v) is 12.7. The number of unbranched alkanes of at least 4 members (excludes halogenated alkanes) is 10. The molecule has 0 atom stereocenters. The van der Waals surface area contributed by atoms with Crippen molar-refractivity contribution in [2.24, 2.45) is 0 Å². The fourth-order valence-corrected chi connectivity index (χ4v) is 6.94. The summed E-state index contributed by atoms with van der Waals surface area (Å²) in [4.78, 5) is 12.1. The van der Waals surface area contributed by atoms with E-state index in [9.17, 15) is 9.36 Å². The van der Waals surface area contributed by atoms with E-state index in [0.717, 1.165) is 54.2 Å². The molecule has 2 rings (SSSR count). The summed E-state index contributed by atoms with van der Waals surface area (Å²) in [5.41, 5.74) is 6.56. The molecule has 0 spiro atoms. The van der Waals surface area contributed by atoms with Crippen molar-refractivity contribution in [2.45, 2.75) is 124 Å². The number of hydrogen-bond donors (Lipinski definition) is 0. The lowest BCUT2D eigenvalue weighted by Crippen LogP contribution is -2.01. The zero-order valence-electron chi connectivity index (χ0n) is 25.1. The number of rotatable bonds is 22. The van der Waals surface area contributed by atoms with Crippen LogP contribution in [0.2, 0.25) is 0 Å². The minimum Gasteiger partial charge on any atom is -0.309 e. The molecule has 0 saturated carbocycles. The van der Waals surface area contributed by atoms with E-state index in [4.69, 9.17) is 9.05 Å². The monoisotopic (exact) mass is 556 g/mol. The van der Waals surface area contributed by atoms with Crippen molar-refractivity contribution in [3.63, 3.8) is 0 Å². The van der Waals surface area contributed by atoms with Crippen LogP contribution in [-0.2, 0) is 32.6 Å². The molecule has 0 aliphatic rings. The Morgan fingerprint density at radius 1 is 0.667 bits per heavy atom. The molecule has 0 heterocycles. The Balaban J connectivity index is 2.26. The van der Waals surface area contributed by atoms with Crippen molar-refractivity contribution < 1.29 is 18.4 Å². The van der Waals surface area contributed by atoms with Crippen molar-refractivity contribution in [1.82, 2.24) is 0 Å². The molecule has 218 valence electrons. The molecule has 4 nitrogen and oxygen atoms in total. The zero-order chi connectivity index (χ0) is 28.3. The standard InChI is InChI=1S/C34H53O4P/c1-5-9-11-13-15-17-19-31-26-34(32(25-33(31)27-35)20-18-16-14-12-10-6-2)30-23-21-29(22-24-30)28-39(36,37-7-3)38-8-4/h21-27H,5-20,28H2,1-4H3. The van der Waals surface area contributed by atoms with Crippen LogP contribution >= 0.6 is 7.60 Å². The number of hydrogen-bond acceptors (Lipinski definition) is 4. The predicted octanol–water partition coefficient (Wildman–Crippen LogP) is 10.7. The van der Waals surface area contributed by atoms with E-state index in [-0.39, 0.29) is 6.16 Å². The van der Waals surface area contributed by atoms with Crippen molar-refractivity contribution in [3.8, 4) is 11.1 Å². The van der Waals surface area contributed by atoms with Crippen LogP contribution in [0.15, 0.2) is 36.4 Å². The molecule has 0 radical (unpaired) electrons. The first-order chi connectivity index (χ1) is 19.0. The predicted molar refractivity (Wildman–Crippen MR) is 166 cm³/mol. The Labute approximate surface area is 238 Å². The van der Waals surface area contributed by atoms with Crippen molar-refractivity contribution in [1.29, 1.82) is 0 Å². The second kappa shape index (κ2) is 19.4. The van der Waals surface area contributed by atoms with E-state index in [1.165, 1.54) is 75.3 Å². The fourth-order valence-electron chi connectivity index (χ4n) is 5.24. The van der Waals surface area contributed by atoms with E-state index in [0.29, 0.717) is 13.2 Å². The Morgan fingerprint density at radius 3 is 1.69 bits per heavy atom. The first-order valence-electron chi connectivity index (χ1n) is 15.6. The van der Waals surface area contributed by atoms with Gasteiger partial charge in [-0.25, -0.2) is 0 Å². The van der Waals surface area contributed by atoms with Gasteiger partial charge in [-0.3, -0.25) is 9.36 Å². The molecule has 2 aromatic rings. The fraction of sp³-hybridized carbons (Fsp3) is 0.618. The number of benzene rings is 2. The minimum absolute atomic E-state index is 0.271. The summed E-state index contributed by atoms with van der Waals surface area (Å²) in [5, 5.41) is 0. The largest absolute Gasteiger partial charge is 0.335 e. The van der Waals surface area contributed by atoms with Crippen molar-refractivity contribution in [3.05, 3.63) is 58.7 Å². The summed E-state index contributed by atoms with van der Waals surface area (Å²) in [6.07, 6.45) is 18.2. The normalized spacial score (nSPS) is 11.7. The molecule has 0 aliphatic heterocycles. The van der Waals surface area contributed by atoms with Gasteiger partial charge in [0.2, 0.25) is 0 Å². The van der Waals surface area contributed by atoms with Gasteiger partial charge in [0, 0.05) is 5.56 Å². The first-order valence-corrected chi connectivity index (χ1v) is 17.3. The summed E-state index contributed by atoms with van der Waals surface area (Å²) in [6.45, 7) is 8.90. The quantitative estimate of drug-likeness (QED) is 0.0822. The SMILES string of the molecule is CCCCCCCCc1cc(-c2ccc(CP(=O)(OCC)OCC)cc2)c(CCCCCCCC)cc1C=O. The third kappa shape index (κ3) is 12.1. The lowest BCUT2D eigenvalue weighted by molar-refractivity contribution is 0.112. The Morgan fingerprint density at radius 2 is 1.18 bits per heavy atom. The maximum atomic E-state index is 13.0. The van der Waals surface area contributed by atoms with Gasteiger partial charge in [0.1, 0.15) is 6.29 Å². The molecular formula is C34H53O4P. The average Bonchev–Trinajstić information content (AvgIpc) is 2.93. The molecule has 5 heteroatoms. The number of carbonyl (C=O) groups is 1. The molecule has 0 saturated heterocycles. The third-order valence-electron chi connectivity index (χ3n) is 7.38. The molecule has 0 aromatic heterocycles. The van der Waals surface area contributed by atoms with Crippen LogP contribution in [0, 0.1) is 0 Å². The lowest BCUT2D eigenvalue weighted by Gasteiger charge is -2.18. The molecule has 2 aromatic carbocycles. The summed E-state index contributed by atoms with van der Waals surface area (Å²) >= 11 is 0. The van der Waals surface area contributed by atoms with E-state index in [1.54, 1.807) is 0 Å². The van der Waals surface area contributed by atoms with E-state index < -0.39 is 7.60 Å². The van der Waals surface area contributed by atoms with Gasteiger partial charge in [0.25, 0.3) is 0 Å². The van der Waals surface area contributed by atoms with Gasteiger partial charge in [-0.1, -0.05) is 108 Å². The smallest absolute Gasteiger partial charge is 0.309 e. The van der Waals surface area contributed by atoms with Crippen LogP contribution in [0.5, 0.6) is 0 Å². The van der Waals surface area contributed by atoms with Gasteiger partial charge < -0.3 is 9.05 Å². The highest BCUT2D eigenvalue weighted by Crippen LogP contribution is 2.51. The Hall–Kier alpha value is -1.74. The molecule has 0 fully saturated rings. The van der Waals surface area contributed by atoms with Gasteiger partial charge in [-0.05, 0) is 73.4 Å². The second-order valence-electron chi connectivity index (χ2n) is 10.7. The maximum Gasteiger partial charge on any atom is 0.335 e. The summed E-state index contributed by atoms with van der Waals surface area (Å²) in [5.74, 6) is 0. The molecule has 39 heavy (non-hydrogen) atoms. The zero-order valence-corrected chi connectivity index (χ0v) is 26.0. The topological polar surface area (TPSA) is 52.6 Å². The number of aryl methyl sites for hydroxylation is 2. The lowest BCUT2D eigenvalue weighted by atomic mass is 9.89. The average molecular weight is 557 g/mol. The number of carbonyl (C=O) groups excluding carboxylic acids is 1. The summed E-state index contributed by atoms with van der Waals surface area (Å²) in [7, 11) is -3.15. The van der Waals surface area contributed by atoms with Crippen LogP contribution in [0.4, 0.5) is 0 Å². The maximum absolute atomic E-state index is 13.0. The van der Waals surface area contributed by atoms with Gasteiger partial charge in [0.05, 0.1) is 19.4 Å². The molecule has 0 N–H and O–H groups in total. The minimum atomic E-state index is -3.15. The highest BCUT2D eigenvalue weighted by atomic mass is 31.2. The highest BCUT2D eigenvalue weighted by molar-refractivity contribution is 7.53. The molecule has 0 unspecified atom stereocenters. The van der Waals surface area contributed by atoms with Gasteiger partial charge in [0.15, 0.2) is 0 Å². The van der Waals surface area contributed by atoms with Crippen molar-refractivity contribution in [2.75, 3.05) is 13.2 Å². The van der Waals surface area contributed by atoms with Crippen LogP contribution in [0.1, 0.15) is 132 Å². The van der Waals surface area contributed by atoms with Crippen LogP contribution in [0.3, 0.4) is 0 Å². The van der Waals surface area contributed by atoms with Gasteiger partial charge in [-0.2, -0.15) is 0 Å². The van der Waals surface area contributed by atoms with Crippen molar-refractivity contribution >= 4 is 13.9 Å². The van der Waals surface area contributed by atoms with Gasteiger partial charge in [-0.15, -0.1) is 0 Å². The third-order valence-corrected chi connectivity index (χ3v) is 9.44. The van der Waals surface area contributed by atoms with Gasteiger partial charge >= 0.3 is 7.60 Å². The van der Waals surface area contributed by atoms with Crippen LogP contribution in [0.25, 0.3) is 11.1 Å². The van der Waals surface area contributed by atoms with E-state index >= 15 is 0 Å². The summed E-state index contributed by atoms with van der Waals surface area (Å²) in [6, 6.07) is 12.7. The molecule has 0 amide bonds. The Bertz CT molecular complexity index is 989. The van der Waals surface area contributed by atoms with E-state index in [1.807, 2.05) is 26.0 Å². The van der Waals surface area contributed by atoms with Crippen LogP contribution in [-0.4, -0.2) is 19.5 Å².